The van der Waals surface area contributed by atoms with E-state index < -0.39 is 18.5 Å². The van der Waals surface area contributed by atoms with Crippen LogP contribution >= 0.6 is 0 Å². The topological polar surface area (TPSA) is 141 Å². The van der Waals surface area contributed by atoms with Crippen LogP contribution in [-0.4, -0.2) is 82.6 Å². The Morgan fingerprint density at radius 1 is 0.613 bits per heavy atom. The minimum Gasteiger partial charge on any atom is -0.550 e. The van der Waals surface area contributed by atoms with Gasteiger partial charge in [0.05, 0.1) is 12.6 Å². The lowest BCUT2D eigenvalue weighted by Gasteiger charge is -2.25. The van der Waals surface area contributed by atoms with E-state index in [1.165, 1.54) is 12.8 Å². The van der Waals surface area contributed by atoms with Crippen molar-refractivity contribution in [2.75, 3.05) is 45.9 Å². The average Bonchev–Trinajstić information content (AvgIpc) is 2.78. The summed E-state index contributed by atoms with van der Waals surface area (Å²) in [6.07, 6.45) is 5.61. The second-order valence-corrected chi connectivity index (χ2v) is 7.15. The first-order chi connectivity index (χ1) is 14.4. The summed E-state index contributed by atoms with van der Waals surface area (Å²) >= 11 is 0. The summed E-state index contributed by atoms with van der Waals surface area (Å²) in [5.41, 5.74) is 0. The number of carbonyl (C=O) groups is 2. The molecule has 0 amide bonds. The van der Waals surface area contributed by atoms with Crippen molar-refractivity contribution >= 4 is 11.9 Å². The van der Waals surface area contributed by atoms with Crippen LogP contribution in [0.3, 0.4) is 0 Å². The van der Waals surface area contributed by atoms with Gasteiger partial charge in [-0.05, 0) is 54.4 Å². The van der Waals surface area contributed by atoms with Gasteiger partial charge < -0.3 is 24.9 Å². The van der Waals surface area contributed by atoms with Crippen molar-refractivity contribution < 1.29 is 44.6 Å². The maximum absolute atomic E-state index is 9.92. The lowest BCUT2D eigenvalue weighted by molar-refractivity contribution is -1.10. The zero-order valence-corrected chi connectivity index (χ0v) is 21.1. The summed E-state index contributed by atoms with van der Waals surface area (Å²) in [5, 5.41) is 45.2. The van der Waals surface area contributed by atoms with E-state index >= 15 is 0 Å². The fraction of sp³-hybridized carbons (Fsp3) is 0.909. The Morgan fingerprint density at radius 3 is 1.06 bits per heavy atom. The van der Waals surface area contributed by atoms with Crippen molar-refractivity contribution in [1.29, 1.82) is 0 Å². The molecule has 0 heterocycles. The maximum Gasteiger partial charge on any atom is 0.106 e. The van der Waals surface area contributed by atoms with Crippen molar-refractivity contribution in [3.63, 3.8) is 0 Å². The predicted molar refractivity (Wildman–Crippen MR) is 118 cm³/mol. The molecule has 0 aromatic carbocycles. The number of carboxylic acid groups (broad SMARTS) is 2. The standard InChI is InChI=1S/C8H16O2.2C6H16NO.C2H4O3/c1-2-3-4-5-6-7-8(9)10;2*1-4-7(8,5-2)6-3;3-1-2(4)5/h2-7H2,1H3,(H,9,10);2*8H,4-6H2,1-3H3;3H,1H2,(H,4,5)/q;2*+1;/p-2. The number of nitrogens with zero attached hydrogens (tertiary/aromatic N) is 2. The Hall–Kier alpha value is -1.26. The fourth-order valence-corrected chi connectivity index (χ4v) is 2.21. The van der Waals surface area contributed by atoms with E-state index in [0.29, 0.717) is 0 Å². The van der Waals surface area contributed by atoms with E-state index in [4.69, 9.17) is 15.0 Å². The molecule has 0 saturated carbocycles. The average molecular weight is 455 g/mol. The molecule has 9 nitrogen and oxygen atoms in total. The highest BCUT2D eigenvalue weighted by atomic mass is 16.5. The number of hydroxylamine groups is 6. The molecule has 31 heavy (non-hydrogen) atoms. The molecule has 0 unspecified atom stereocenters. The third-order valence-corrected chi connectivity index (χ3v) is 5.15. The molecular formula is C22H50N2O7. The van der Waals surface area contributed by atoms with Gasteiger partial charge in [0, 0.05) is 5.97 Å². The van der Waals surface area contributed by atoms with Gasteiger partial charge >= 0.3 is 0 Å². The third kappa shape index (κ3) is 31.0. The predicted octanol–water partition coefficient (Wildman–Crippen LogP) is 1.33. The highest BCUT2D eigenvalue weighted by molar-refractivity contribution is 5.65. The van der Waals surface area contributed by atoms with Crippen molar-refractivity contribution in [3.05, 3.63) is 0 Å². The van der Waals surface area contributed by atoms with Gasteiger partial charge in [0.25, 0.3) is 0 Å². The molecule has 0 aliphatic carbocycles. The smallest absolute Gasteiger partial charge is 0.106 e. The van der Waals surface area contributed by atoms with Gasteiger partial charge in [-0.2, -0.15) is 9.29 Å². The molecule has 0 aromatic heterocycles. The number of hydrogen-bond donors (Lipinski definition) is 3. The Bertz CT molecular complexity index is 365. The molecule has 9 heteroatoms. The number of quaternary nitrogens is 2. The van der Waals surface area contributed by atoms with Gasteiger partial charge in [0.15, 0.2) is 0 Å². The zero-order chi connectivity index (χ0) is 25.3. The van der Waals surface area contributed by atoms with Crippen LogP contribution in [0.4, 0.5) is 0 Å². The lowest BCUT2D eigenvalue weighted by atomic mass is 10.1. The summed E-state index contributed by atoms with van der Waals surface area (Å²) in [6.45, 7) is 18.1. The summed E-state index contributed by atoms with van der Waals surface area (Å²) in [6, 6.07) is 0. The number of aliphatic carboxylic acids is 2. The molecule has 0 aliphatic heterocycles. The van der Waals surface area contributed by atoms with Crippen LogP contribution in [-0.2, 0) is 9.59 Å². The Kier molecular flexibility index (Phi) is 29.9. The highest BCUT2D eigenvalue weighted by Crippen LogP contribution is 2.03. The summed E-state index contributed by atoms with van der Waals surface area (Å²) < 4.78 is 0.417. The van der Waals surface area contributed by atoms with Gasteiger partial charge in [-0.1, -0.05) is 32.6 Å². The molecule has 0 aromatic rings. The molecule has 190 valence electrons. The van der Waals surface area contributed by atoms with E-state index in [1.54, 1.807) is 0 Å². The Balaban J connectivity index is -0.000000161. The normalized spacial score (nSPS) is 10.5. The van der Waals surface area contributed by atoms with E-state index in [2.05, 4.69) is 6.92 Å². The first kappa shape index (κ1) is 37.1. The zero-order valence-electron chi connectivity index (χ0n) is 21.1. The second-order valence-electron chi connectivity index (χ2n) is 7.15. The third-order valence-electron chi connectivity index (χ3n) is 5.15. The summed E-state index contributed by atoms with van der Waals surface area (Å²) in [4.78, 5) is 18.9. The minimum absolute atomic E-state index is 0.208. The van der Waals surface area contributed by atoms with Crippen molar-refractivity contribution in [3.8, 4) is 0 Å². The first-order valence-electron chi connectivity index (χ1n) is 11.6. The molecule has 0 radical (unpaired) electrons. The molecule has 0 aliphatic rings. The number of carboxylic acids is 2. The summed E-state index contributed by atoms with van der Waals surface area (Å²) in [5.74, 6) is -2.36. The van der Waals surface area contributed by atoms with Crippen molar-refractivity contribution in [2.45, 2.75) is 87.0 Å². The molecule has 0 spiro atoms. The first-order valence-corrected chi connectivity index (χ1v) is 11.6. The quantitative estimate of drug-likeness (QED) is 0.216. The molecular weight excluding hydrogens is 404 g/mol. The highest BCUT2D eigenvalue weighted by Gasteiger charge is 2.16. The van der Waals surface area contributed by atoms with Crippen LogP contribution in [0.15, 0.2) is 0 Å². The van der Waals surface area contributed by atoms with E-state index in [1.807, 2.05) is 41.5 Å². The van der Waals surface area contributed by atoms with E-state index in [0.717, 1.165) is 58.5 Å². The van der Waals surface area contributed by atoms with Crippen molar-refractivity contribution in [2.24, 2.45) is 0 Å². The molecule has 0 atom stereocenters. The number of unbranched alkanes of at least 4 members (excludes halogenated alkanes) is 4. The van der Waals surface area contributed by atoms with Crippen LogP contribution in [0.25, 0.3) is 0 Å². The minimum atomic E-state index is -1.44. The fourth-order valence-electron chi connectivity index (χ4n) is 2.21. The second kappa shape index (κ2) is 25.0. The van der Waals surface area contributed by atoms with Crippen LogP contribution < -0.4 is 10.2 Å². The van der Waals surface area contributed by atoms with Crippen LogP contribution in [0, 0.1) is 0 Å². The SMILES string of the molecule is CCCCCCCC(=O)[O-].CC[N+](O)(CC)CC.CC[N+](O)(CC)CC.O=C([O-])CO. The van der Waals surface area contributed by atoms with Crippen LogP contribution in [0.1, 0.15) is 87.0 Å². The van der Waals surface area contributed by atoms with E-state index in [9.17, 15) is 20.3 Å². The Morgan fingerprint density at radius 2 is 0.903 bits per heavy atom. The molecule has 0 rings (SSSR count). The largest absolute Gasteiger partial charge is 0.550 e. The number of hydrogen-bond acceptors (Lipinski definition) is 7. The Labute approximate surface area is 190 Å². The van der Waals surface area contributed by atoms with Crippen LogP contribution in [0.5, 0.6) is 0 Å². The number of aliphatic hydroxyl groups excluding tert-OH is 1. The van der Waals surface area contributed by atoms with Crippen LogP contribution in [0.2, 0.25) is 0 Å². The van der Waals surface area contributed by atoms with Gasteiger partial charge in [-0.15, -0.1) is 0 Å². The van der Waals surface area contributed by atoms with Gasteiger partial charge in [0.2, 0.25) is 0 Å². The lowest BCUT2D eigenvalue weighted by Crippen LogP contribution is -2.43. The number of carbonyl (C=O) groups excluding carboxylic acids is 2. The van der Waals surface area contributed by atoms with Crippen molar-refractivity contribution in [1.82, 2.24) is 0 Å². The molecule has 0 bridgehead atoms. The monoisotopic (exact) mass is 454 g/mol. The van der Waals surface area contributed by atoms with Gasteiger partial charge in [-0.25, -0.2) is 10.4 Å². The maximum atomic E-state index is 9.92. The van der Waals surface area contributed by atoms with E-state index in [-0.39, 0.29) is 15.7 Å². The molecule has 3 N–H and O–H groups in total. The summed E-state index contributed by atoms with van der Waals surface area (Å²) in [7, 11) is 0. The molecule has 0 saturated heterocycles. The van der Waals surface area contributed by atoms with Gasteiger partial charge in [0.1, 0.15) is 39.3 Å². The molecule has 0 fully saturated rings. The number of aliphatic hydroxyl groups is 1. The van der Waals surface area contributed by atoms with Gasteiger partial charge in [-0.3, -0.25) is 0 Å². The number of rotatable bonds is 13.